The van der Waals surface area contributed by atoms with Crippen LogP contribution in [0.25, 0.3) is 0 Å². The number of hydrogen-bond acceptors (Lipinski definition) is 6. The van der Waals surface area contributed by atoms with Gasteiger partial charge in [0.2, 0.25) is 5.95 Å². The molecule has 0 saturated carbocycles. The number of aromatic nitrogens is 2. The van der Waals surface area contributed by atoms with Gasteiger partial charge >= 0.3 is 0 Å². The number of nitrogens with one attached hydrogen (secondary N) is 2. The SMILES string of the molecule is CCNC(=NCCN1CCN(c2ncccn2)CC1)NC1CCN(c2ccccc2)C1.I. The summed E-state index contributed by atoms with van der Waals surface area (Å²) in [5.41, 5.74) is 1.30. The molecule has 1 aromatic carbocycles. The maximum absolute atomic E-state index is 4.84. The Morgan fingerprint density at radius 2 is 1.75 bits per heavy atom. The minimum Gasteiger partial charge on any atom is -0.369 e. The van der Waals surface area contributed by atoms with Gasteiger partial charge in [0.25, 0.3) is 0 Å². The van der Waals surface area contributed by atoms with Gasteiger partial charge in [0.1, 0.15) is 0 Å². The fourth-order valence-electron chi connectivity index (χ4n) is 4.19. The molecule has 0 spiro atoms. The van der Waals surface area contributed by atoms with E-state index >= 15 is 0 Å². The third kappa shape index (κ3) is 6.93. The van der Waals surface area contributed by atoms with Crippen LogP contribution in [0.3, 0.4) is 0 Å². The van der Waals surface area contributed by atoms with Gasteiger partial charge in [0.05, 0.1) is 6.54 Å². The van der Waals surface area contributed by atoms with Crippen molar-refractivity contribution in [2.75, 3.05) is 68.7 Å². The number of guanidine groups is 1. The molecule has 2 aliphatic rings. The molecular formula is C23H35IN8. The van der Waals surface area contributed by atoms with E-state index in [1.54, 1.807) is 0 Å². The first kappa shape index (κ1) is 24.5. The normalized spacial score (nSPS) is 19.5. The van der Waals surface area contributed by atoms with E-state index in [4.69, 9.17) is 4.99 Å². The van der Waals surface area contributed by atoms with Crippen LogP contribution in [0.1, 0.15) is 13.3 Å². The van der Waals surface area contributed by atoms with Crippen LogP contribution in [-0.4, -0.2) is 85.8 Å². The Morgan fingerprint density at radius 3 is 2.47 bits per heavy atom. The first-order valence-corrected chi connectivity index (χ1v) is 11.4. The van der Waals surface area contributed by atoms with Crippen molar-refractivity contribution >= 4 is 41.6 Å². The minimum absolute atomic E-state index is 0. The van der Waals surface area contributed by atoms with E-state index in [2.05, 4.69) is 72.6 Å². The minimum atomic E-state index is 0. The molecule has 4 rings (SSSR count). The second-order valence-corrected chi connectivity index (χ2v) is 8.05. The van der Waals surface area contributed by atoms with Crippen molar-refractivity contribution in [1.82, 2.24) is 25.5 Å². The average Bonchev–Trinajstić information content (AvgIpc) is 3.29. The number of benzene rings is 1. The molecule has 0 radical (unpaired) electrons. The van der Waals surface area contributed by atoms with Crippen LogP contribution < -0.4 is 20.4 Å². The van der Waals surface area contributed by atoms with E-state index < -0.39 is 0 Å². The van der Waals surface area contributed by atoms with Gasteiger partial charge in [-0.2, -0.15) is 0 Å². The van der Waals surface area contributed by atoms with Crippen LogP contribution in [0.2, 0.25) is 0 Å². The van der Waals surface area contributed by atoms with Gasteiger partial charge in [0.15, 0.2) is 5.96 Å². The van der Waals surface area contributed by atoms with Crippen molar-refractivity contribution < 1.29 is 0 Å². The number of para-hydroxylation sites is 1. The Balaban J connectivity index is 0.00000289. The third-order valence-corrected chi connectivity index (χ3v) is 5.89. The number of halogens is 1. The largest absolute Gasteiger partial charge is 0.369 e. The number of rotatable bonds is 7. The van der Waals surface area contributed by atoms with Crippen molar-refractivity contribution in [3.05, 3.63) is 48.8 Å². The van der Waals surface area contributed by atoms with Crippen molar-refractivity contribution in [2.45, 2.75) is 19.4 Å². The van der Waals surface area contributed by atoms with Crippen LogP contribution >= 0.6 is 24.0 Å². The predicted octanol–water partition coefficient (Wildman–Crippen LogP) is 2.05. The molecule has 2 fully saturated rings. The van der Waals surface area contributed by atoms with E-state index in [0.29, 0.717) is 6.04 Å². The van der Waals surface area contributed by atoms with Gasteiger partial charge in [-0.3, -0.25) is 9.89 Å². The van der Waals surface area contributed by atoms with Crippen LogP contribution in [0, 0.1) is 0 Å². The maximum atomic E-state index is 4.84. The molecule has 2 aromatic rings. The lowest BCUT2D eigenvalue weighted by atomic mass is 10.3. The quantitative estimate of drug-likeness (QED) is 0.311. The van der Waals surface area contributed by atoms with E-state index in [1.165, 1.54) is 5.69 Å². The summed E-state index contributed by atoms with van der Waals surface area (Å²) in [5.74, 6) is 1.76. The average molecular weight is 550 g/mol. The van der Waals surface area contributed by atoms with Crippen molar-refractivity contribution in [2.24, 2.45) is 4.99 Å². The Morgan fingerprint density at radius 1 is 1.00 bits per heavy atom. The van der Waals surface area contributed by atoms with Crippen molar-refractivity contribution in [3.63, 3.8) is 0 Å². The summed E-state index contributed by atoms with van der Waals surface area (Å²) in [6, 6.07) is 12.9. The molecule has 1 atom stereocenters. The van der Waals surface area contributed by atoms with E-state index in [1.807, 2.05) is 18.5 Å². The van der Waals surface area contributed by atoms with Gasteiger partial charge < -0.3 is 20.4 Å². The van der Waals surface area contributed by atoms with Gasteiger partial charge in [-0.05, 0) is 31.5 Å². The summed E-state index contributed by atoms with van der Waals surface area (Å²) >= 11 is 0. The number of piperazine rings is 1. The molecule has 9 heteroatoms. The maximum Gasteiger partial charge on any atom is 0.225 e. The third-order valence-electron chi connectivity index (χ3n) is 5.89. The van der Waals surface area contributed by atoms with Crippen molar-refractivity contribution in [1.29, 1.82) is 0 Å². The highest BCUT2D eigenvalue weighted by atomic mass is 127. The zero-order valence-corrected chi connectivity index (χ0v) is 21.2. The Kier molecular flexibility index (Phi) is 9.79. The first-order valence-electron chi connectivity index (χ1n) is 11.4. The first-order chi connectivity index (χ1) is 15.3. The van der Waals surface area contributed by atoms with Crippen LogP contribution in [0.15, 0.2) is 53.8 Å². The fourth-order valence-corrected chi connectivity index (χ4v) is 4.19. The van der Waals surface area contributed by atoms with E-state index in [-0.39, 0.29) is 24.0 Å². The summed E-state index contributed by atoms with van der Waals surface area (Å²) in [4.78, 5) is 20.7. The molecule has 3 heterocycles. The molecule has 1 aromatic heterocycles. The van der Waals surface area contributed by atoms with Crippen molar-refractivity contribution in [3.8, 4) is 0 Å². The number of nitrogens with zero attached hydrogens (tertiary/aromatic N) is 6. The standard InChI is InChI=1S/C23H34N8.HI/c1-2-24-22(28-20-9-13-31(19-20)21-7-4-3-5-8-21)25-12-14-29-15-17-30(18-16-29)23-26-10-6-11-27-23;/h3-8,10-11,20H,2,9,12-19H2,1H3,(H2,24,25,28);1H. The molecule has 0 aliphatic carbocycles. The van der Waals surface area contributed by atoms with E-state index in [0.717, 1.165) is 77.2 Å². The highest BCUT2D eigenvalue weighted by Gasteiger charge is 2.23. The molecule has 2 aliphatic heterocycles. The summed E-state index contributed by atoms with van der Waals surface area (Å²) < 4.78 is 0. The Labute approximate surface area is 208 Å². The van der Waals surface area contributed by atoms with Crippen LogP contribution in [0.5, 0.6) is 0 Å². The molecule has 2 saturated heterocycles. The lowest BCUT2D eigenvalue weighted by molar-refractivity contribution is 0.263. The molecule has 174 valence electrons. The highest BCUT2D eigenvalue weighted by molar-refractivity contribution is 14.0. The lowest BCUT2D eigenvalue weighted by Gasteiger charge is -2.34. The lowest BCUT2D eigenvalue weighted by Crippen LogP contribution is -2.48. The van der Waals surface area contributed by atoms with Crippen LogP contribution in [-0.2, 0) is 0 Å². The monoisotopic (exact) mass is 550 g/mol. The molecule has 2 N–H and O–H groups in total. The smallest absolute Gasteiger partial charge is 0.225 e. The Bertz CT molecular complexity index is 811. The Hall–Kier alpha value is -2.14. The zero-order valence-electron chi connectivity index (χ0n) is 18.9. The molecule has 8 nitrogen and oxygen atoms in total. The summed E-state index contributed by atoms with van der Waals surface area (Å²) in [7, 11) is 0. The molecule has 0 amide bonds. The van der Waals surface area contributed by atoms with Gasteiger partial charge in [0, 0.05) is 76.5 Å². The highest BCUT2D eigenvalue weighted by Crippen LogP contribution is 2.19. The molecule has 1 unspecified atom stereocenters. The molecular weight excluding hydrogens is 515 g/mol. The van der Waals surface area contributed by atoms with Gasteiger partial charge in [-0.15, -0.1) is 24.0 Å². The van der Waals surface area contributed by atoms with Gasteiger partial charge in [-0.25, -0.2) is 9.97 Å². The summed E-state index contributed by atoms with van der Waals surface area (Å²) in [6.07, 6.45) is 4.74. The molecule has 32 heavy (non-hydrogen) atoms. The number of anilines is 2. The zero-order chi connectivity index (χ0) is 21.3. The fraction of sp³-hybridized carbons (Fsp3) is 0.522. The van der Waals surface area contributed by atoms with Crippen LogP contribution in [0.4, 0.5) is 11.6 Å². The molecule has 0 bridgehead atoms. The number of hydrogen-bond donors (Lipinski definition) is 2. The number of aliphatic imine (C=N–C) groups is 1. The van der Waals surface area contributed by atoms with Gasteiger partial charge in [-0.1, -0.05) is 18.2 Å². The van der Waals surface area contributed by atoms with E-state index in [9.17, 15) is 0 Å². The second kappa shape index (κ2) is 12.8. The predicted molar refractivity (Wildman–Crippen MR) is 142 cm³/mol. The topological polar surface area (TPSA) is 71.9 Å². The second-order valence-electron chi connectivity index (χ2n) is 8.05. The summed E-state index contributed by atoms with van der Waals surface area (Å²) in [6.45, 7) is 10.8. The summed E-state index contributed by atoms with van der Waals surface area (Å²) in [5, 5.41) is 7.04.